The van der Waals surface area contributed by atoms with E-state index in [-0.39, 0.29) is 22.6 Å². The molecule has 0 spiro atoms. The minimum Gasteiger partial charge on any atom is -0.497 e. The van der Waals surface area contributed by atoms with Crippen molar-refractivity contribution in [3.05, 3.63) is 112 Å². The van der Waals surface area contributed by atoms with E-state index < -0.39 is 27.7 Å². The first kappa shape index (κ1) is 28.2. The Hall–Kier alpha value is -4.93. The molecule has 0 saturated carbocycles. The Labute approximate surface area is 247 Å². The van der Waals surface area contributed by atoms with Gasteiger partial charge in [0.05, 0.1) is 17.4 Å². The zero-order chi connectivity index (χ0) is 30.3. The molecule has 2 N–H and O–H groups in total. The molecule has 6 rings (SSSR count). The van der Waals surface area contributed by atoms with Gasteiger partial charge in [0.1, 0.15) is 23.1 Å². The lowest BCUT2D eigenvalue weighted by molar-refractivity contribution is -0.136. The Morgan fingerprint density at radius 1 is 0.930 bits per heavy atom. The van der Waals surface area contributed by atoms with Crippen LogP contribution in [0.4, 0.5) is 0 Å². The Morgan fingerprint density at radius 3 is 2.44 bits per heavy atom. The van der Waals surface area contributed by atoms with Crippen LogP contribution >= 0.6 is 0 Å². The number of fused-ring (bicyclic) bond motifs is 4. The first-order valence-corrected chi connectivity index (χ1v) is 15.0. The molecule has 6 aromatic rings. The third-order valence-corrected chi connectivity index (χ3v) is 9.00. The second-order valence-electron chi connectivity index (χ2n) is 10.3. The molecule has 0 radical (unpaired) electrons. The fourth-order valence-corrected chi connectivity index (χ4v) is 6.36. The maximum absolute atomic E-state index is 13.7. The summed E-state index contributed by atoms with van der Waals surface area (Å²) in [5.74, 6) is -0.140. The first-order valence-electron chi connectivity index (χ1n) is 13.5. The summed E-state index contributed by atoms with van der Waals surface area (Å²) in [6.45, 7) is 3.53. The molecule has 2 aromatic heterocycles. The van der Waals surface area contributed by atoms with Crippen LogP contribution in [0.5, 0.6) is 11.5 Å². The number of aryl methyl sites for hydroxylation is 2. The number of aromatic nitrogens is 1. The van der Waals surface area contributed by atoms with Crippen LogP contribution in [-0.2, 0) is 21.2 Å². The largest absolute Gasteiger partial charge is 0.497 e. The molecular formula is C33H28N2O7S. The van der Waals surface area contributed by atoms with Crippen molar-refractivity contribution >= 4 is 48.6 Å². The van der Waals surface area contributed by atoms with Crippen LogP contribution in [-0.4, -0.2) is 32.5 Å². The number of rotatable bonds is 8. The first-order chi connectivity index (χ1) is 20.6. The summed E-state index contributed by atoms with van der Waals surface area (Å²) in [6, 6.07) is 21.1. The minimum absolute atomic E-state index is 0.0296. The summed E-state index contributed by atoms with van der Waals surface area (Å²) in [7, 11) is -2.57. The summed E-state index contributed by atoms with van der Waals surface area (Å²) in [4.78, 5) is 29.7. The number of carbonyl (C=O) groups excluding carboxylic acids is 1. The van der Waals surface area contributed by atoms with E-state index in [2.05, 4.69) is 9.71 Å². The van der Waals surface area contributed by atoms with Gasteiger partial charge < -0.3 is 18.9 Å². The molecule has 1 atom stereocenters. The van der Waals surface area contributed by atoms with Crippen molar-refractivity contribution in [2.45, 2.75) is 31.2 Å². The van der Waals surface area contributed by atoms with E-state index >= 15 is 0 Å². The quantitative estimate of drug-likeness (QED) is 0.102. The number of aromatic amines is 1. The van der Waals surface area contributed by atoms with Crippen molar-refractivity contribution in [3.8, 4) is 11.5 Å². The van der Waals surface area contributed by atoms with E-state index in [1.807, 2.05) is 31.2 Å². The van der Waals surface area contributed by atoms with Gasteiger partial charge in [-0.05, 0) is 67.9 Å². The molecule has 10 heteroatoms. The SMILES string of the molecule is COc1ccc2c(c1)c(=O)oc1c(C)c(OC(=O)[C@@H](Cc3c[nH]c4ccccc34)NS(=O)(=O)c3ccc(C)cc3)ccc12. The van der Waals surface area contributed by atoms with Gasteiger partial charge in [-0.2, -0.15) is 4.72 Å². The van der Waals surface area contributed by atoms with Gasteiger partial charge in [-0.1, -0.05) is 35.9 Å². The standard InChI is InChI=1S/C33H28N2O7S/c1-19-8-11-23(12-9-19)43(38,39)35-29(16-21-18-34-28-7-5-4-6-24(21)28)33(37)41-30-15-14-26-25-13-10-22(40-3)17-27(25)32(36)42-31(26)20(30)2/h4-15,17-18,29,34-35H,16H2,1-3H3/t29-/m1/s1. The number of sulfonamides is 1. The number of methoxy groups -OCH3 is 1. The molecule has 0 unspecified atom stereocenters. The molecule has 0 aliphatic heterocycles. The van der Waals surface area contributed by atoms with Gasteiger partial charge in [0, 0.05) is 39.9 Å². The van der Waals surface area contributed by atoms with Gasteiger partial charge in [0.2, 0.25) is 10.0 Å². The second kappa shape index (κ2) is 11.0. The maximum Gasteiger partial charge on any atom is 0.344 e. The topological polar surface area (TPSA) is 128 Å². The predicted octanol–water partition coefficient (Wildman–Crippen LogP) is 5.55. The van der Waals surface area contributed by atoms with Gasteiger partial charge in [0.15, 0.2) is 0 Å². The number of nitrogens with one attached hydrogen (secondary N) is 2. The average Bonchev–Trinajstić information content (AvgIpc) is 3.41. The lowest BCUT2D eigenvalue weighted by Gasteiger charge is -2.19. The monoisotopic (exact) mass is 596 g/mol. The molecule has 0 fully saturated rings. The van der Waals surface area contributed by atoms with Crippen molar-refractivity contribution < 1.29 is 27.1 Å². The number of esters is 1. The molecule has 0 aliphatic carbocycles. The van der Waals surface area contributed by atoms with Crippen molar-refractivity contribution in [1.82, 2.24) is 9.71 Å². The molecule has 0 saturated heterocycles. The van der Waals surface area contributed by atoms with Crippen LogP contribution in [0.15, 0.2) is 99.2 Å². The highest BCUT2D eigenvalue weighted by Crippen LogP contribution is 2.32. The van der Waals surface area contributed by atoms with Gasteiger partial charge >= 0.3 is 11.6 Å². The van der Waals surface area contributed by atoms with E-state index in [4.69, 9.17) is 13.9 Å². The predicted molar refractivity (Wildman–Crippen MR) is 164 cm³/mol. The van der Waals surface area contributed by atoms with Crippen LogP contribution in [0.3, 0.4) is 0 Å². The number of H-pyrrole nitrogens is 1. The minimum atomic E-state index is -4.08. The Balaban J connectivity index is 1.37. The highest BCUT2D eigenvalue weighted by atomic mass is 32.2. The van der Waals surface area contributed by atoms with Crippen LogP contribution in [0.25, 0.3) is 32.6 Å². The Kier molecular flexibility index (Phi) is 7.25. The van der Waals surface area contributed by atoms with Crippen molar-refractivity contribution in [1.29, 1.82) is 0 Å². The molecule has 43 heavy (non-hydrogen) atoms. The van der Waals surface area contributed by atoms with E-state index in [1.165, 1.54) is 19.2 Å². The third-order valence-electron chi connectivity index (χ3n) is 7.51. The molecule has 9 nitrogen and oxygen atoms in total. The summed E-state index contributed by atoms with van der Waals surface area (Å²) >= 11 is 0. The van der Waals surface area contributed by atoms with Crippen molar-refractivity contribution in [2.24, 2.45) is 0 Å². The van der Waals surface area contributed by atoms with Gasteiger partial charge in [-0.15, -0.1) is 0 Å². The Bertz CT molecular complexity index is 2180. The van der Waals surface area contributed by atoms with E-state index in [1.54, 1.807) is 55.6 Å². The number of ether oxygens (including phenoxy) is 2. The number of hydrogen-bond donors (Lipinski definition) is 2. The van der Waals surface area contributed by atoms with E-state index in [9.17, 15) is 18.0 Å². The Morgan fingerprint density at radius 2 is 1.67 bits per heavy atom. The highest BCUT2D eigenvalue weighted by Gasteiger charge is 2.29. The van der Waals surface area contributed by atoms with E-state index in [0.29, 0.717) is 27.5 Å². The van der Waals surface area contributed by atoms with Gasteiger partial charge in [-0.3, -0.25) is 0 Å². The molecule has 0 aliphatic rings. The van der Waals surface area contributed by atoms with Crippen LogP contribution in [0, 0.1) is 13.8 Å². The van der Waals surface area contributed by atoms with Crippen molar-refractivity contribution in [2.75, 3.05) is 7.11 Å². The number of carbonyl (C=O) groups is 1. The normalized spacial score (nSPS) is 12.5. The fourth-order valence-electron chi connectivity index (χ4n) is 5.18. The maximum atomic E-state index is 13.7. The zero-order valence-electron chi connectivity index (χ0n) is 23.6. The summed E-state index contributed by atoms with van der Waals surface area (Å²) in [5, 5.41) is 2.54. The molecular weight excluding hydrogens is 568 g/mol. The smallest absolute Gasteiger partial charge is 0.344 e. The summed E-state index contributed by atoms with van der Waals surface area (Å²) in [5.41, 5.74) is 2.63. The molecule has 2 heterocycles. The zero-order valence-corrected chi connectivity index (χ0v) is 24.4. The van der Waals surface area contributed by atoms with Crippen LogP contribution in [0.1, 0.15) is 16.7 Å². The molecule has 218 valence electrons. The molecule has 0 amide bonds. The summed E-state index contributed by atoms with van der Waals surface area (Å²) < 4.78 is 46.0. The van der Waals surface area contributed by atoms with Crippen LogP contribution < -0.4 is 19.8 Å². The molecule has 4 aromatic carbocycles. The van der Waals surface area contributed by atoms with Gasteiger partial charge in [0.25, 0.3) is 0 Å². The van der Waals surface area contributed by atoms with Crippen LogP contribution in [0.2, 0.25) is 0 Å². The number of benzene rings is 4. The van der Waals surface area contributed by atoms with Gasteiger partial charge in [-0.25, -0.2) is 18.0 Å². The number of para-hydroxylation sites is 1. The lowest BCUT2D eigenvalue weighted by Crippen LogP contribution is -2.44. The van der Waals surface area contributed by atoms with Crippen molar-refractivity contribution in [3.63, 3.8) is 0 Å². The van der Waals surface area contributed by atoms with E-state index in [0.717, 1.165) is 22.0 Å². The third kappa shape index (κ3) is 5.38. The summed E-state index contributed by atoms with van der Waals surface area (Å²) in [6.07, 6.45) is 1.78. The average molecular weight is 597 g/mol. The highest BCUT2D eigenvalue weighted by molar-refractivity contribution is 7.89. The lowest BCUT2D eigenvalue weighted by atomic mass is 10.0. The number of hydrogen-bond acceptors (Lipinski definition) is 7. The fraction of sp³-hybridized carbons (Fsp3) is 0.152. The molecule has 0 bridgehead atoms. The second-order valence-corrected chi connectivity index (χ2v) is 12.1.